The van der Waals surface area contributed by atoms with Gasteiger partial charge >= 0.3 is 0 Å². The van der Waals surface area contributed by atoms with Gasteiger partial charge in [-0.15, -0.1) is 11.3 Å². The minimum Gasteiger partial charge on any atom is -0.372 e. The van der Waals surface area contributed by atoms with Gasteiger partial charge in [-0.05, 0) is 69.7 Å². The molecule has 8 heteroatoms. The van der Waals surface area contributed by atoms with E-state index < -0.39 is 0 Å². The molecule has 3 aromatic heterocycles. The minimum atomic E-state index is 0.0267. The summed E-state index contributed by atoms with van der Waals surface area (Å²) in [6.07, 6.45) is 6.16. The Morgan fingerprint density at radius 3 is 2.69 bits per heavy atom. The zero-order valence-electron chi connectivity index (χ0n) is 19.0. The molecule has 2 aliphatic rings. The van der Waals surface area contributed by atoms with Crippen molar-refractivity contribution in [2.45, 2.75) is 59.2 Å². The first-order valence-corrected chi connectivity index (χ1v) is 12.1. The number of carbonyl (C=O) groups excluding carboxylic acids is 1. The molecule has 1 amide bonds. The van der Waals surface area contributed by atoms with Crippen molar-refractivity contribution >= 4 is 39.1 Å². The van der Waals surface area contributed by atoms with Crippen LogP contribution >= 0.6 is 11.3 Å². The van der Waals surface area contributed by atoms with Crippen molar-refractivity contribution < 1.29 is 9.53 Å². The number of aromatic nitrogens is 3. The van der Waals surface area contributed by atoms with Crippen LogP contribution in [0.4, 0.5) is 11.6 Å². The predicted octanol–water partition coefficient (Wildman–Crippen LogP) is 4.19. The quantitative estimate of drug-likeness (QED) is 0.643. The van der Waals surface area contributed by atoms with E-state index in [4.69, 9.17) is 4.74 Å². The number of amides is 1. The summed E-state index contributed by atoms with van der Waals surface area (Å²) in [4.78, 5) is 31.1. The van der Waals surface area contributed by atoms with Gasteiger partial charge in [0.15, 0.2) is 0 Å². The monoisotopic (exact) mass is 451 g/mol. The Hall–Kier alpha value is -2.58. The van der Waals surface area contributed by atoms with E-state index in [1.165, 1.54) is 16.0 Å². The number of aryl methyl sites for hydroxylation is 3. The molecule has 1 saturated heterocycles. The first kappa shape index (κ1) is 21.3. The number of carbonyl (C=O) groups is 1. The number of thiophene rings is 1. The average Bonchev–Trinajstić information content (AvgIpc) is 3.14. The van der Waals surface area contributed by atoms with Crippen molar-refractivity contribution in [3.05, 3.63) is 40.2 Å². The van der Waals surface area contributed by atoms with E-state index in [2.05, 4.69) is 34.1 Å². The van der Waals surface area contributed by atoms with Crippen LogP contribution in [0, 0.1) is 19.8 Å². The molecule has 32 heavy (non-hydrogen) atoms. The summed E-state index contributed by atoms with van der Waals surface area (Å²) in [5, 5.41) is 4.48. The fraction of sp³-hybridized carbons (Fsp3) is 0.500. The lowest BCUT2D eigenvalue weighted by atomic mass is 9.86. The van der Waals surface area contributed by atoms with Crippen molar-refractivity contribution in [3.8, 4) is 0 Å². The number of fused-ring (bicyclic) bond motifs is 3. The van der Waals surface area contributed by atoms with Crippen molar-refractivity contribution in [3.63, 3.8) is 0 Å². The van der Waals surface area contributed by atoms with Crippen LogP contribution in [0.5, 0.6) is 0 Å². The molecular formula is C24H29N5O2S. The number of hydrogen-bond donors (Lipinski definition) is 1. The maximum Gasteiger partial charge on any atom is 0.226 e. The first-order valence-electron chi connectivity index (χ1n) is 11.3. The van der Waals surface area contributed by atoms with Gasteiger partial charge in [-0.3, -0.25) is 4.79 Å². The van der Waals surface area contributed by atoms with Crippen LogP contribution in [0.3, 0.4) is 0 Å². The Morgan fingerprint density at radius 1 is 1.16 bits per heavy atom. The molecule has 7 nitrogen and oxygen atoms in total. The highest BCUT2D eigenvalue weighted by Gasteiger charge is 2.34. The van der Waals surface area contributed by atoms with Gasteiger partial charge in [-0.2, -0.15) is 0 Å². The predicted molar refractivity (Wildman–Crippen MR) is 127 cm³/mol. The van der Waals surface area contributed by atoms with Crippen LogP contribution in [0.2, 0.25) is 0 Å². The number of morpholine rings is 1. The molecule has 1 aliphatic heterocycles. The molecule has 0 bridgehead atoms. The Morgan fingerprint density at radius 2 is 1.94 bits per heavy atom. The van der Waals surface area contributed by atoms with Crippen LogP contribution in [-0.2, 0) is 22.4 Å². The molecule has 5 rings (SSSR count). The van der Waals surface area contributed by atoms with Crippen LogP contribution in [0.25, 0.3) is 10.2 Å². The number of rotatable bonds is 3. The molecule has 1 aliphatic carbocycles. The maximum atomic E-state index is 13.3. The van der Waals surface area contributed by atoms with Gasteiger partial charge < -0.3 is 15.0 Å². The number of nitrogens with one attached hydrogen (secondary N) is 1. The summed E-state index contributed by atoms with van der Waals surface area (Å²) in [7, 11) is 0. The third-order valence-electron chi connectivity index (χ3n) is 6.54. The summed E-state index contributed by atoms with van der Waals surface area (Å²) >= 11 is 1.69. The van der Waals surface area contributed by atoms with Crippen molar-refractivity contribution in [2.75, 3.05) is 18.4 Å². The van der Waals surface area contributed by atoms with E-state index >= 15 is 0 Å². The third kappa shape index (κ3) is 3.97. The summed E-state index contributed by atoms with van der Waals surface area (Å²) < 4.78 is 5.81. The molecule has 168 valence electrons. The SMILES string of the molecule is Cc1cnc(Nc2ncnc3sc4c(c23)CCC(C(=O)N2CC(C)OC(C)C2)C4)cc1C. The molecule has 1 fully saturated rings. The normalized spacial score (nSPS) is 23.2. The lowest BCUT2D eigenvalue weighted by molar-refractivity contribution is -0.147. The Labute approximate surface area is 192 Å². The highest BCUT2D eigenvalue weighted by atomic mass is 32.1. The Balaban J connectivity index is 1.40. The molecule has 1 N–H and O–H groups in total. The third-order valence-corrected chi connectivity index (χ3v) is 7.71. The van der Waals surface area contributed by atoms with Crippen LogP contribution in [0.15, 0.2) is 18.6 Å². The van der Waals surface area contributed by atoms with Gasteiger partial charge in [0.25, 0.3) is 0 Å². The zero-order chi connectivity index (χ0) is 22.4. The lowest BCUT2D eigenvalue weighted by Crippen LogP contribution is -2.50. The van der Waals surface area contributed by atoms with Gasteiger partial charge in [-0.1, -0.05) is 0 Å². The standard InChI is InChI=1S/C24H29N5O2S/c1-13-7-20(25-9-14(13)2)28-22-21-18-6-5-17(8-19(18)32-23(21)27-12-26-22)24(30)29-10-15(3)31-16(4)11-29/h7,9,12,15-17H,5-6,8,10-11H2,1-4H3,(H,25,26,27,28). The van der Waals surface area contributed by atoms with E-state index in [1.54, 1.807) is 17.7 Å². The fourth-order valence-electron chi connectivity index (χ4n) is 4.85. The molecule has 4 heterocycles. The topological polar surface area (TPSA) is 80.2 Å². The molecule has 0 spiro atoms. The van der Waals surface area contributed by atoms with Gasteiger partial charge in [-0.25, -0.2) is 15.0 Å². The van der Waals surface area contributed by atoms with E-state index in [0.717, 1.165) is 46.7 Å². The summed E-state index contributed by atoms with van der Waals surface area (Å²) in [6.45, 7) is 9.58. The first-order chi connectivity index (χ1) is 15.4. The summed E-state index contributed by atoms with van der Waals surface area (Å²) in [6, 6.07) is 2.04. The van der Waals surface area contributed by atoms with Crippen LogP contribution in [0.1, 0.15) is 41.8 Å². The van der Waals surface area contributed by atoms with Gasteiger partial charge in [0, 0.05) is 30.1 Å². The van der Waals surface area contributed by atoms with Crippen LogP contribution in [-0.4, -0.2) is 51.1 Å². The number of hydrogen-bond acceptors (Lipinski definition) is 7. The van der Waals surface area contributed by atoms with E-state index in [1.807, 2.05) is 31.0 Å². The molecule has 3 atom stereocenters. The van der Waals surface area contributed by atoms with E-state index in [9.17, 15) is 4.79 Å². The van der Waals surface area contributed by atoms with Crippen molar-refractivity contribution in [2.24, 2.45) is 5.92 Å². The molecule has 0 radical (unpaired) electrons. The fourth-order valence-corrected chi connectivity index (χ4v) is 6.11. The number of anilines is 2. The largest absolute Gasteiger partial charge is 0.372 e. The Bertz CT molecular complexity index is 1170. The number of pyridine rings is 1. The van der Waals surface area contributed by atoms with E-state index in [0.29, 0.717) is 13.1 Å². The van der Waals surface area contributed by atoms with E-state index in [-0.39, 0.29) is 24.0 Å². The number of ether oxygens (including phenoxy) is 1. The second-order valence-corrected chi connectivity index (χ2v) is 10.2. The summed E-state index contributed by atoms with van der Waals surface area (Å²) in [5.41, 5.74) is 3.63. The lowest BCUT2D eigenvalue weighted by Gasteiger charge is -2.37. The molecule has 3 aromatic rings. The van der Waals surface area contributed by atoms with Crippen molar-refractivity contribution in [1.29, 1.82) is 0 Å². The average molecular weight is 452 g/mol. The minimum absolute atomic E-state index is 0.0267. The smallest absolute Gasteiger partial charge is 0.226 e. The second-order valence-electron chi connectivity index (χ2n) is 9.13. The van der Waals surface area contributed by atoms with Gasteiger partial charge in [0.05, 0.1) is 17.6 Å². The van der Waals surface area contributed by atoms with Crippen LogP contribution < -0.4 is 5.32 Å². The number of nitrogens with zero attached hydrogens (tertiary/aromatic N) is 4. The van der Waals surface area contributed by atoms with Gasteiger partial charge in [0.2, 0.25) is 5.91 Å². The maximum absolute atomic E-state index is 13.3. The zero-order valence-corrected chi connectivity index (χ0v) is 19.8. The summed E-state index contributed by atoms with van der Waals surface area (Å²) in [5.74, 6) is 1.87. The van der Waals surface area contributed by atoms with Gasteiger partial charge in [0.1, 0.15) is 22.8 Å². The molecule has 0 saturated carbocycles. The Kier molecular flexibility index (Phi) is 5.59. The molecular weight excluding hydrogens is 422 g/mol. The van der Waals surface area contributed by atoms with Crippen molar-refractivity contribution in [1.82, 2.24) is 19.9 Å². The highest BCUT2D eigenvalue weighted by Crippen LogP contribution is 2.40. The molecule has 3 unspecified atom stereocenters. The highest BCUT2D eigenvalue weighted by molar-refractivity contribution is 7.19. The molecule has 0 aromatic carbocycles. The second kappa shape index (κ2) is 8.41.